The van der Waals surface area contributed by atoms with Crippen LogP contribution < -0.4 is 5.09 Å². The molecule has 1 unspecified atom stereocenters. The van der Waals surface area contributed by atoms with Gasteiger partial charge in [-0.2, -0.15) is 0 Å². The molecule has 0 fully saturated rings. The molecule has 0 saturated heterocycles. The summed E-state index contributed by atoms with van der Waals surface area (Å²) in [7, 11) is -2.25. The van der Waals surface area contributed by atoms with Crippen LogP contribution in [0.15, 0.2) is 12.7 Å². The van der Waals surface area contributed by atoms with Crippen LogP contribution in [0.4, 0.5) is 0 Å². The summed E-state index contributed by atoms with van der Waals surface area (Å²) in [6.07, 6.45) is 1.69. The summed E-state index contributed by atoms with van der Waals surface area (Å²) in [4.78, 5) is 10.8. The Labute approximate surface area is 77.7 Å². The van der Waals surface area contributed by atoms with Crippen LogP contribution in [0.1, 0.15) is 13.3 Å². The molecule has 0 spiro atoms. The highest BCUT2D eigenvalue weighted by atomic mass is 31.2. The SMILES string of the molecule is C=CC(=O)NP(=O)(OC)OCCC. The molecule has 0 aromatic rings. The van der Waals surface area contributed by atoms with E-state index < -0.39 is 13.7 Å². The Kier molecular flexibility index (Phi) is 5.62. The van der Waals surface area contributed by atoms with Crippen LogP contribution in [0.25, 0.3) is 0 Å². The third-order valence-electron chi connectivity index (χ3n) is 1.14. The lowest BCUT2D eigenvalue weighted by molar-refractivity contribution is -0.115. The molecule has 1 N–H and O–H groups in total. The lowest BCUT2D eigenvalue weighted by atomic mass is 10.5. The van der Waals surface area contributed by atoms with Crippen molar-refractivity contribution in [2.24, 2.45) is 0 Å². The highest BCUT2D eigenvalue weighted by Crippen LogP contribution is 2.42. The maximum absolute atomic E-state index is 11.5. The number of hydrogen-bond acceptors (Lipinski definition) is 4. The summed E-state index contributed by atoms with van der Waals surface area (Å²) in [6, 6.07) is 0. The number of carbonyl (C=O) groups is 1. The second kappa shape index (κ2) is 5.91. The maximum atomic E-state index is 11.5. The van der Waals surface area contributed by atoms with Gasteiger partial charge in [-0.1, -0.05) is 13.5 Å². The fraction of sp³-hybridized carbons (Fsp3) is 0.571. The molecule has 13 heavy (non-hydrogen) atoms. The van der Waals surface area contributed by atoms with E-state index in [1.807, 2.05) is 6.92 Å². The molecule has 0 aliphatic carbocycles. The fourth-order valence-electron chi connectivity index (χ4n) is 0.523. The molecule has 0 aromatic heterocycles. The molecule has 0 rings (SSSR count). The molecule has 6 heteroatoms. The van der Waals surface area contributed by atoms with E-state index in [0.717, 1.165) is 6.08 Å². The van der Waals surface area contributed by atoms with Gasteiger partial charge in [-0.3, -0.25) is 18.9 Å². The lowest BCUT2D eigenvalue weighted by Gasteiger charge is -2.15. The third kappa shape index (κ3) is 4.83. The number of amides is 1. The van der Waals surface area contributed by atoms with Crippen molar-refractivity contribution in [3.8, 4) is 0 Å². The van der Waals surface area contributed by atoms with Crippen LogP contribution in [0.2, 0.25) is 0 Å². The van der Waals surface area contributed by atoms with Gasteiger partial charge in [0.1, 0.15) is 0 Å². The van der Waals surface area contributed by atoms with Crippen LogP contribution in [-0.2, 0) is 18.4 Å². The van der Waals surface area contributed by atoms with Gasteiger partial charge >= 0.3 is 7.75 Å². The Hall–Kier alpha value is -0.640. The van der Waals surface area contributed by atoms with E-state index >= 15 is 0 Å². The quantitative estimate of drug-likeness (QED) is 0.529. The van der Waals surface area contributed by atoms with E-state index in [2.05, 4.69) is 16.2 Å². The fourth-order valence-corrected chi connectivity index (χ4v) is 1.57. The maximum Gasteiger partial charge on any atom is 0.434 e. The molecule has 0 heterocycles. The average molecular weight is 207 g/mol. The van der Waals surface area contributed by atoms with Crippen molar-refractivity contribution in [1.29, 1.82) is 0 Å². The monoisotopic (exact) mass is 207 g/mol. The van der Waals surface area contributed by atoms with E-state index in [1.54, 1.807) is 0 Å². The predicted molar refractivity (Wildman–Crippen MR) is 49.2 cm³/mol. The second-order valence-electron chi connectivity index (χ2n) is 2.19. The zero-order chi connectivity index (χ0) is 10.3. The third-order valence-corrected chi connectivity index (χ3v) is 2.64. The van der Waals surface area contributed by atoms with E-state index in [9.17, 15) is 9.36 Å². The van der Waals surface area contributed by atoms with E-state index in [0.29, 0.717) is 6.42 Å². The summed E-state index contributed by atoms with van der Waals surface area (Å²) in [5, 5.41) is 2.08. The minimum absolute atomic E-state index is 0.266. The number of rotatable bonds is 6. The van der Waals surface area contributed by atoms with Crippen molar-refractivity contribution >= 4 is 13.7 Å². The largest absolute Gasteiger partial charge is 0.434 e. The van der Waals surface area contributed by atoms with Crippen LogP contribution in [0, 0.1) is 0 Å². The van der Waals surface area contributed by atoms with Gasteiger partial charge in [-0.25, -0.2) is 4.57 Å². The summed E-state index contributed by atoms with van der Waals surface area (Å²) < 4.78 is 20.9. The number of carbonyl (C=O) groups excluding carboxylic acids is 1. The Bertz CT molecular complexity index is 229. The molecular weight excluding hydrogens is 193 g/mol. The van der Waals surface area contributed by atoms with Gasteiger partial charge in [0.2, 0.25) is 0 Å². The van der Waals surface area contributed by atoms with Crippen LogP contribution in [0.5, 0.6) is 0 Å². The normalized spacial score (nSPS) is 14.6. The predicted octanol–water partition coefficient (Wildman–Crippen LogP) is 1.47. The first-order valence-corrected chi connectivity index (χ1v) is 5.37. The zero-order valence-corrected chi connectivity index (χ0v) is 8.67. The molecule has 76 valence electrons. The molecule has 1 amide bonds. The van der Waals surface area contributed by atoms with Crippen molar-refractivity contribution in [2.75, 3.05) is 13.7 Å². The topological polar surface area (TPSA) is 64.6 Å². The van der Waals surface area contributed by atoms with Crippen LogP contribution >= 0.6 is 7.75 Å². The summed E-state index contributed by atoms with van der Waals surface area (Å²) in [5.41, 5.74) is 0. The van der Waals surface area contributed by atoms with Gasteiger partial charge in [0.25, 0.3) is 5.91 Å². The van der Waals surface area contributed by atoms with Crippen molar-refractivity contribution in [3.63, 3.8) is 0 Å². The zero-order valence-electron chi connectivity index (χ0n) is 7.78. The summed E-state index contributed by atoms with van der Waals surface area (Å²) >= 11 is 0. The van der Waals surface area contributed by atoms with Crippen molar-refractivity contribution in [3.05, 3.63) is 12.7 Å². The van der Waals surface area contributed by atoms with Gasteiger partial charge in [0.15, 0.2) is 0 Å². The van der Waals surface area contributed by atoms with Crippen molar-refractivity contribution in [2.45, 2.75) is 13.3 Å². The minimum atomic E-state index is -3.46. The second-order valence-corrected chi connectivity index (χ2v) is 4.04. The average Bonchev–Trinajstić information content (AvgIpc) is 2.14. The Morgan fingerprint density at radius 2 is 2.31 bits per heavy atom. The first-order valence-electron chi connectivity index (χ1n) is 3.83. The molecule has 0 aliphatic heterocycles. The molecule has 0 radical (unpaired) electrons. The van der Waals surface area contributed by atoms with Gasteiger partial charge in [0, 0.05) is 7.11 Å². The Morgan fingerprint density at radius 3 is 2.69 bits per heavy atom. The molecule has 0 saturated carbocycles. The number of nitrogens with one attached hydrogen (secondary N) is 1. The first-order chi connectivity index (χ1) is 6.08. The molecular formula is C7H14NO4P. The molecule has 5 nitrogen and oxygen atoms in total. The van der Waals surface area contributed by atoms with E-state index in [-0.39, 0.29) is 6.61 Å². The standard InChI is InChI=1S/C7H14NO4P/c1-4-6-12-13(10,11-3)8-7(9)5-2/h5H,2,4,6H2,1,3H3,(H,8,9,10). The van der Waals surface area contributed by atoms with Gasteiger partial charge in [-0.15, -0.1) is 0 Å². The lowest BCUT2D eigenvalue weighted by Crippen LogP contribution is -2.20. The van der Waals surface area contributed by atoms with E-state index in [4.69, 9.17) is 4.52 Å². The van der Waals surface area contributed by atoms with Crippen LogP contribution in [0.3, 0.4) is 0 Å². The highest BCUT2D eigenvalue weighted by Gasteiger charge is 2.24. The van der Waals surface area contributed by atoms with Crippen molar-refractivity contribution in [1.82, 2.24) is 5.09 Å². The minimum Gasteiger partial charge on any atom is -0.296 e. The summed E-state index contributed by atoms with van der Waals surface area (Å²) in [5.74, 6) is -0.582. The van der Waals surface area contributed by atoms with Crippen molar-refractivity contribution < 1.29 is 18.4 Å². The first kappa shape index (κ1) is 12.4. The van der Waals surface area contributed by atoms with Gasteiger partial charge < -0.3 is 0 Å². The Morgan fingerprint density at radius 1 is 1.69 bits per heavy atom. The Balaban J connectivity index is 4.19. The molecule has 0 aromatic carbocycles. The van der Waals surface area contributed by atoms with Gasteiger partial charge in [0.05, 0.1) is 6.61 Å². The molecule has 0 bridgehead atoms. The van der Waals surface area contributed by atoms with Crippen LogP contribution in [-0.4, -0.2) is 19.6 Å². The smallest absolute Gasteiger partial charge is 0.296 e. The summed E-state index contributed by atoms with van der Waals surface area (Å²) in [6.45, 7) is 5.34. The van der Waals surface area contributed by atoms with E-state index in [1.165, 1.54) is 7.11 Å². The highest BCUT2D eigenvalue weighted by molar-refractivity contribution is 7.52. The molecule has 1 atom stereocenters. The van der Waals surface area contributed by atoms with Gasteiger partial charge in [-0.05, 0) is 12.5 Å². The molecule has 0 aliphatic rings. The number of hydrogen-bond donors (Lipinski definition) is 1.